The summed E-state index contributed by atoms with van der Waals surface area (Å²) in [5, 5.41) is 2.65. The second-order valence-electron chi connectivity index (χ2n) is 5.34. The van der Waals surface area contributed by atoms with E-state index in [-0.39, 0.29) is 16.8 Å². The molecule has 26 heavy (non-hydrogen) atoms. The number of nitrogens with one attached hydrogen (secondary N) is 1. The van der Waals surface area contributed by atoms with Crippen molar-refractivity contribution in [2.75, 3.05) is 11.1 Å². The number of anilines is 3. The zero-order valence-electron chi connectivity index (χ0n) is 13.0. The summed E-state index contributed by atoms with van der Waals surface area (Å²) in [6.07, 6.45) is -3.11. The molecule has 0 unspecified atom stereocenters. The molecule has 134 valence electrons. The van der Waals surface area contributed by atoms with E-state index in [1.807, 2.05) is 0 Å². The molecule has 1 heterocycles. The molecule has 0 amide bonds. The summed E-state index contributed by atoms with van der Waals surface area (Å²) in [5.41, 5.74) is 5.99. The van der Waals surface area contributed by atoms with Gasteiger partial charge in [0, 0.05) is 17.4 Å². The summed E-state index contributed by atoms with van der Waals surface area (Å²) in [5.74, 6) is -0.443. The van der Waals surface area contributed by atoms with Gasteiger partial charge in [-0.25, -0.2) is 9.37 Å². The number of hydrogen-bond donors (Lipinski definition) is 2. The number of alkyl halides is 3. The maximum atomic E-state index is 14.0. The van der Waals surface area contributed by atoms with Crippen molar-refractivity contribution < 1.29 is 17.6 Å². The number of nitrogens with zero attached hydrogens (tertiary/aromatic N) is 2. The van der Waals surface area contributed by atoms with Gasteiger partial charge in [-0.1, -0.05) is 12.1 Å². The lowest BCUT2D eigenvalue weighted by atomic mass is 10.1. The van der Waals surface area contributed by atoms with Crippen LogP contribution in [0.5, 0.6) is 0 Å². The lowest BCUT2D eigenvalue weighted by molar-refractivity contribution is -0.137. The summed E-state index contributed by atoms with van der Waals surface area (Å²) in [6.45, 7) is 0. The van der Waals surface area contributed by atoms with Gasteiger partial charge in [-0.15, -0.1) is 0 Å². The molecule has 1 aromatic heterocycles. The van der Waals surface area contributed by atoms with Crippen LogP contribution in [0.3, 0.4) is 0 Å². The number of rotatable bonds is 3. The molecule has 0 bridgehead atoms. The van der Waals surface area contributed by atoms with Crippen molar-refractivity contribution in [3.63, 3.8) is 0 Å². The third kappa shape index (κ3) is 3.85. The summed E-state index contributed by atoms with van der Waals surface area (Å²) in [6, 6.07) is 8.36. The van der Waals surface area contributed by atoms with Crippen LogP contribution < -0.4 is 11.1 Å². The fourth-order valence-electron chi connectivity index (χ4n) is 2.27. The zero-order valence-corrected chi connectivity index (χ0v) is 13.7. The highest BCUT2D eigenvalue weighted by Gasteiger charge is 2.30. The minimum absolute atomic E-state index is 0.0490. The van der Waals surface area contributed by atoms with Gasteiger partial charge in [-0.3, -0.25) is 0 Å². The van der Waals surface area contributed by atoms with Gasteiger partial charge in [0.25, 0.3) is 0 Å². The Morgan fingerprint density at radius 1 is 1.04 bits per heavy atom. The number of hydrogen-bond acceptors (Lipinski definition) is 4. The molecule has 0 saturated carbocycles. The van der Waals surface area contributed by atoms with Crippen molar-refractivity contribution in [1.82, 2.24) is 9.97 Å². The van der Waals surface area contributed by atoms with Gasteiger partial charge >= 0.3 is 6.18 Å². The van der Waals surface area contributed by atoms with Gasteiger partial charge in [0.05, 0.1) is 11.3 Å². The van der Waals surface area contributed by atoms with Crippen LogP contribution in [0.15, 0.2) is 48.7 Å². The first kappa shape index (κ1) is 17.9. The first-order chi connectivity index (χ1) is 12.2. The Kier molecular flexibility index (Phi) is 4.69. The van der Waals surface area contributed by atoms with Gasteiger partial charge in [-0.05, 0) is 47.5 Å². The highest BCUT2D eigenvalue weighted by atomic mass is 35.5. The van der Waals surface area contributed by atoms with Crippen LogP contribution in [0.1, 0.15) is 5.56 Å². The van der Waals surface area contributed by atoms with E-state index in [9.17, 15) is 17.6 Å². The van der Waals surface area contributed by atoms with Gasteiger partial charge < -0.3 is 11.1 Å². The Labute approximate surface area is 150 Å². The number of nitrogen functional groups attached to an aromatic ring is 1. The van der Waals surface area contributed by atoms with Crippen molar-refractivity contribution in [2.45, 2.75) is 6.18 Å². The SMILES string of the molecule is Nc1ccc(F)c(Nc2nc(Cl)ncc2-c2ccc(C(F)(F)F)cc2)c1. The predicted octanol–water partition coefficient (Wildman–Crippen LogP) is 5.28. The van der Waals surface area contributed by atoms with Gasteiger partial charge in [0.2, 0.25) is 5.28 Å². The maximum Gasteiger partial charge on any atom is 0.416 e. The van der Waals surface area contributed by atoms with Crippen LogP contribution >= 0.6 is 11.6 Å². The van der Waals surface area contributed by atoms with Crippen LogP contribution in [-0.2, 0) is 6.18 Å². The topological polar surface area (TPSA) is 63.8 Å². The molecular formula is C17H11ClF4N4. The molecule has 0 atom stereocenters. The third-order valence-electron chi connectivity index (χ3n) is 3.53. The fraction of sp³-hybridized carbons (Fsp3) is 0.0588. The van der Waals surface area contributed by atoms with Crippen LogP contribution in [0, 0.1) is 5.82 Å². The van der Waals surface area contributed by atoms with Crippen molar-refractivity contribution in [3.05, 3.63) is 65.3 Å². The van der Waals surface area contributed by atoms with Crippen molar-refractivity contribution >= 4 is 28.8 Å². The smallest absolute Gasteiger partial charge is 0.399 e. The van der Waals surface area contributed by atoms with Gasteiger partial charge in [0.15, 0.2) is 0 Å². The molecule has 0 spiro atoms. The number of halogens is 5. The molecule has 0 saturated heterocycles. The lowest BCUT2D eigenvalue weighted by Gasteiger charge is -2.13. The monoisotopic (exact) mass is 382 g/mol. The standard InChI is InChI=1S/C17H11ClF4N4/c18-16-24-8-12(9-1-3-10(4-2-9)17(20,21)22)15(26-16)25-14-7-11(23)5-6-13(14)19/h1-8H,23H2,(H,24,25,26). The molecule has 3 N–H and O–H groups in total. The summed E-state index contributed by atoms with van der Waals surface area (Å²) >= 11 is 5.80. The van der Waals surface area contributed by atoms with E-state index in [0.29, 0.717) is 16.8 Å². The minimum Gasteiger partial charge on any atom is -0.399 e. The molecule has 2 aromatic carbocycles. The normalized spacial score (nSPS) is 11.4. The van der Waals surface area contributed by atoms with E-state index in [2.05, 4.69) is 15.3 Å². The Balaban J connectivity index is 2.02. The molecule has 3 aromatic rings. The molecule has 9 heteroatoms. The molecule has 0 aliphatic heterocycles. The summed E-state index contributed by atoms with van der Waals surface area (Å²) in [7, 11) is 0. The van der Waals surface area contributed by atoms with Crippen molar-refractivity contribution in [3.8, 4) is 11.1 Å². The minimum atomic E-state index is -4.44. The summed E-state index contributed by atoms with van der Waals surface area (Å²) < 4.78 is 52.1. The molecule has 0 aliphatic carbocycles. The van der Waals surface area contributed by atoms with Crippen molar-refractivity contribution in [1.29, 1.82) is 0 Å². The van der Waals surface area contributed by atoms with Crippen molar-refractivity contribution in [2.24, 2.45) is 0 Å². The quantitative estimate of drug-likeness (QED) is 0.367. The first-order valence-electron chi connectivity index (χ1n) is 7.26. The molecular weight excluding hydrogens is 372 g/mol. The maximum absolute atomic E-state index is 14.0. The Morgan fingerprint density at radius 2 is 1.73 bits per heavy atom. The molecule has 0 fully saturated rings. The Morgan fingerprint density at radius 3 is 2.38 bits per heavy atom. The molecule has 0 radical (unpaired) electrons. The zero-order chi connectivity index (χ0) is 18.9. The van der Waals surface area contributed by atoms with Crippen LogP contribution in [-0.4, -0.2) is 9.97 Å². The van der Waals surface area contributed by atoms with E-state index in [4.69, 9.17) is 17.3 Å². The van der Waals surface area contributed by atoms with Crippen LogP contribution in [0.4, 0.5) is 34.8 Å². The molecule has 0 aliphatic rings. The van der Waals surface area contributed by atoms with E-state index in [1.165, 1.54) is 36.5 Å². The van der Waals surface area contributed by atoms with Crippen LogP contribution in [0.2, 0.25) is 5.28 Å². The Hall–Kier alpha value is -2.87. The van der Waals surface area contributed by atoms with E-state index < -0.39 is 17.6 Å². The molecule has 4 nitrogen and oxygen atoms in total. The highest BCUT2D eigenvalue weighted by molar-refractivity contribution is 6.28. The van der Waals surface area contributed by atoms with E-state index >= 15 is 0 Å². The largest absolute Gasteiger partial charge is 0.416 e. The number of benzene rings is 2. The van der Waals surface area contributed by atoms with Gasteiger partial charge in [0.1, 0.15) is 11.6 Å². The van der Waals surface area contributed by atoms with E-state index in [1.54, 1.807) is 0 Å². The van der Waals surface area contributed by atoms with Gasteiger partial charge in [-0.2, -0.15) is 18.2 Å². The third-order valence-corrected chi connectivity index (χ3v) is 3.71. The average molecular weight is 383 g/mol. The first-order valence-corrected chi connectivity index (χ1v) is 7.64. The van der Waals surface area contributed by atoms with Crippen LogP contribution in [0.25, 0.3) is 11.1 Å². The highest BCUT2D eigenvalue weighted by Crippen LogP contribution is 2.34. The molecule has 3 rings (SSSR count). The number of aromatic nitrogens is 2. The fourth-order valence-corrected chi connectivity index (χ4v) is 2.41. The second kappa shape index (κ2) is 6.80. The number of nitrogens with two attached hydrogens (primary N) is 1. The second-order valence-corrected chi connectivity index (χ2v) is 5.68. The van der Waals surface area contributed by atoms with E-state index in [0.717, 1.165) is 12.1 Å². The average Bonchev–Trinajstić information content (AvgIpc) is 2.58. The summed E-state index contributed by atoms with van der Waals surface area (Å²) in [4.78, 5) is 7.84. The lowest BCUT2D eigenvalue weighted by Crippen LogP contribution is -2.04. The predicted molar refractivity (Wildman–Crippen MR) is 91.6 cm³/mol. The Bertz CT molecular complexity index is 942.